The van der Waals surface area contributed by atoms with Crippen molar-refractivity contribution in [2.45, 2.75) is 0 Å². The van der Waals surface area contributed by atoms with E-state index in [0.29, 0.717) is 0 Å². The van der Waals surface area contributed by atoms with Crippen molar-refractivity contribution in [2.24, 2.45) is 11.6 Å². The number of H-pyrrole nitrogens is 1. The molecule has 0 aliphatic carbocycles. The number of primary amides is 1. The minimum absolute atomic E-state index is 0.718. The smallest absolute Gasteiger partial charge is 0.326 e. The largest absolute Gasteiger partial charge is 0.368 e. The van der Waals surface area contributed by atoms with E-state index in [-0.39, 0.29) is 0 Å². The monoisotopic (exact) mass is 142 g/mol. The maximum Gasteiger partial charge on any atom is 0.326 e. The third-order valence-corrected chi connectivity index (χ3v) is 0.638. The molecule has 6 N–H and O–H groups in total. The summed E-state index contributed by atoms with van der Waals surface area (Å²) in [6.07, 6.45) is 3.75. The molecule has 5 nitrogen and oxygen atoms in total. The fraction of sp³-hybridized carbons (Fsp3) is 0. The highest BCUT2D eigenvalue weighted by Crippen LogP contribution is 1.72. The molecule has 1 aromatic rings. The van der Waals surface area contributed by atoms with Crippen molar-refractivity contribution in [3.8, 4) is 0 Å². The third-order valence-electron chi connectivity index (χ3n) is 0.638. The van der Waals surface area contributed by atoms with Gasteiger partial charge in [-0.3, -0.25) is 5.43 Å². The van der Waals surface area contributed by atoms with Gasteiger partial charge < -0.3 is 10.7 Å². The predicted molar refractivity (Wildman–Crippen MR) is 37.7 cm³/mol. The molecule has 0 aromatic carbocycles. The summed E-state index contributed by atoms with van der Waals surface area (Å²) in [6, 6.07) is 3.17. The molecule has 0 saturated heterocycles. The number of rotatable bonds is 0. The molecule has 0 atom stereocenters. The number of carbonyl (C=O) groups excluding carboxylic acids is 1. The van der Waals surface area contributed by atoms with Gasteiger partial charge in [-0.1, -0.05) is 0 Å². The molecule has 2 amide bonds. The van der Waals surface area contributed by atoms with Crippen LogP contribution in [0.4, 0.5) is 4.79 Å². The number of amides is 2. The number of hydrazine groups is 1. The topological polar surface area (TPSA) is 96.9 Å². The number of hydrogen-bond donors (Lipinski definition) is 4. The van der Waals surface area contributed by atoms with E-state index in [9.17, 15) is 4.79 Å². The van der Waals surface area contributed by atoms with Gasteiger partial charge in [0.05, 0.1) is 0 Å². The average Bonchev–Trinajstić information content (AvgIpc) is 2.43. The molecule has 0 bridgehead atoms. The summed E-state index contributed by atoms with van der Waals surface area (Å²) in [4.78, 5) is 12.2. The Kier molecular flexibility index (Phi) is 4.80. The van der Waals surface area contributed by atoms with Gasteiger partial charge in [-0.25, -0.2) is 10.6 Å². The Hall–Kier alpha value is -1.49. The molecule has 1 heterocycles. The second kappa shape index (κ2) is 5.64. The van der Waals surface area contributed by atoms with Gasteiger partial charge in [0.15, 0.2) is 0 Å². The van der Waals surface area contributed by atoms with E-state index < -0.39 is 6.03 Å². The number of urea groups is 1. The highest BCUT2D eigenvalue weighted by molar-refractivity contribution is 5.70. The summed E-state index contributed by atoms with van der Waals surface area (Å²) < 4.78 is 0. The fourth-order valence-electron chi connectivity index (χ4n) is 0.278. The number of nitrogens with two attached hydrogens (primary N) is 2. The Balaban J connectivity index is 0.000000162. The highest BCUT2D eigenvalue weighted by atomic mass is 16.2. The minimum atomic E-state index is -0.718. The summed E-state index contributed by atoms with van der Waals surface area (Å²) in [5, 5.41) is 0. The molecule has 0 spiro atoms. The van der Waals surface area contributed by atoms with Crippen LogP contribution in [0.2, 0.25) is 0 Å². The second-order valence-electron chi connectivity index (χ2n) is 1.39. The van der Waals surface area contributed by atoms with Gasteiger partial charge in [-0.15, -0.1) is 0 Å². The van der Waals surface area contributed by atoms with Crippen molar-refractivity contribution in [3.63, 3.8) is 0 Å². The normalized spacial score (nSPS) is 7.30. The molecular weight excluding hydrogens is 132 g/mol. The van der Waals surface area contributed by atoms with Crippen molar-refractivity contribution in [3.05, 3.63) is 24.5 Å². The zero-order valence-electron chi connectivity index (χ0n) is 5.37. The molecule has 0 saturated carbocycles. The fourth-order valence-corrected chi connectivity index (χ4v) is 0.278. The maximum absolute atomic E-state index is 9.35. The summed E-state index contributed by atoms with van der Waals surface area (Å²) in [6.45, 7) is 0. The lowest BCUT2D eigenvalue weighted by atomic mass is 10.7. The molecule has 0 radical (unpaired) electrons. The lowest BCUT2D eigenvalue weighted by Crippen LogP contribution is -2.34. The van der Waals surface area contributed by atoms with Gasteiger partial charge >= 0.3 is 6.03 Å². The summed E-state index contributed by atoms with van der Waals surface area (Å²) in [7, 11) is 0. The first-order valence-electron chi connectivity index (χ1n) is 2.61. The van der Waals surface area contributed by atoms with Crippen LogP contribution in [-0.4, -0.2) is 11.0 Å². The van der Waals surface area contributed by atoms with E-state index in [1.54, 1.807) is 5.43 Å². The molecule has 0 aliphatic heterocycles. The predicted octanol–water partition coefficient (Wildman–Crippen LogP) is -0.457. The highest BCUT2D eigenvalue weighted by Gasteiger charge is 1.73. The van der Waals surface area contributed by atoms with Gasteiger partial charge in [0, 0.05) is 12.4 Å². The van der Waals surface area contributed by atoms with Gasteiger partial charge in [0.25, 0.3) is 0 Å². The average molecular weight is 142 g/mol. The number of aromatic nitrogens is 1. The first-order chi connectivity index (χ1) is 4.77. The van der Waals surface area contributed by atoms with Crippen molar-refractivity contribution in [1.82, 2.24) is 10.4 Å². The summed E-state index contributed by atoms with van der Waals surface area (Å²) in [5.41, 5.74) is 6.08. The zero-order valence-corrected chi connectivity index (χ0v) is 5.37. The van der Waals surface area contributed by atoms with Crippen LogP contribution < -0.4 is 17.0 Å². The molecule has 56 valence electrons. The van der Waals surface area contributed by atoms with Crippen LogP contribution in [-0.2, 0) is 0 Å². The molecule has 0 fully saturated rings. The first-order valence-corrected chi connectivity index (χ1v) is 2.61. The number of hydrogen-bond acceptors (Lipinski definition) is 2. The number of carbonyl (C=O) groups is 1. The van der Waals surface area contributed by atoms with Crippen LogP contribution in [0.15, 0.2) is 24.5 Å². The standard InChI is InChI=1S/C4H5N.CH5N3O/c1-2-4-5-3-1;2-1(5)4-3/h1-5H;3H2,(H3,2,4,5). The minimum Gasteiger partial charge on any atom is -0.368 e. The van der Waals surface area contributed by atoms with E-state index in [2.05, 4.69) is 16.6 Å². The molecule has 10 heavy (non-hydrogen) atoms. The van der Waals surface area contributed by atoms with Gasteiger partial charge in [-0.2, -0.15) is 0 Å². The van der Waals surface area contributed by atoms with Gasteiger partial charge in [0.2, 0.25) is 0 Å². The number of aromatic amines is 1. The first kappa shape index (κ1) is 8.51. The van der Waals surface area contributed by atoms with E-state index in [4.69, 9.17) is 0 Å². The molecular formula is C5H10N4O. The Morgan fingerprint density at radius 2 is 1.80 bits per heavy atom. The zero-order chi connectivity index (χ0) is 7.82. The second-order valence-corrected chi connectivity index (χ2v) is 1.39. The van der Waals surface area contributed by atoms with Crippen LogP contribution in [0.1, 0.15) is 0 Å². The van der Waals surface area contributed by atoms with E-state index in [1.165, 1.54) is 0 Å². The van der Waals surface area contributed by atoms with Crippen LogP contribution in [0.5, 0.6) is 0 Å². The Morgan fingerprint density at radius 1 is 1.40 bits per heavy atom. The van der Waals surface area contributed by atoms with Crippen LogP contribution in [0.3, 0.4) is 0 Å². The van der Waals surface area contributed by atoms with Gasteiger partial charge in [-0.05, 0) is 12.1 Å². The number of nitrogens with one attached hydrogen (secondary N) is 2. The molecule has 0 aliphatic rings. The molecule has 1 aromatic heterocycles. The van der Waals surface area contributed by atoms with Crippen molar-refractivity contribution >= 4 is 6.03 Å². The van der Waals surface area contributed by atoms with Gasteiger partial charge in [0.1, 0.15) is 0 Å². The quantitative estimate of drug-likeness (QED) is 0.224. The lowest BCUT2D eigenvalue weighted by Gasteiger charge is -1.81. The summed E-state index contributed by atoms with van der Waals surface area (Å²) >= 11 is 0. The van der Waals surface area contributed by atoms with Crippen LogP contribution in [0.25, 0.3) is 0 Å². The Bertz CT molecular complexity index is 143. The van der Waals surface area contributed by atoms with Crippen molar-refractivity contribution in [2.75, 3.05) is 0 Å². The molecule has 1 rings (SSSR count). The Morgan fingerprint density at radius 3 is 1.90 bits per heavy atom. The van der Waals surface area contributed by atoms with E-state index in [1.807, 2.05) is 24.5 Å². The molecule has 0 unspecified atom stereocenters. The molecule has 5 heteroatoms. The summed E-state index contributed by atoms with van der Waals surface area (Å²) in [5.74, 6) is 4.45. The third kappa shape index (κ3) is 6.51. The Labute approximate surface area is 58.4 Å². The maximum atomic E-state index is 9.35. The van der Waals surface area contributed by atoms with Crippen molar-refractivity contribution in [1.29, 1.82) is 0 Å². The van der Waals surface area contributed by atoms with Crippen LogP contribution >= 0.6 is 0 Å². The van der Waals surface area contributed by atoms with Crippen LogP contribution in [0, 0.1) is 0 Å². The van der Waals surface area contributed by atoms with E-state index in [0.717, 1.165) is 0 Å². The van der Waals surface area contributed by atoms with Crippen molar-refractivity contribution < 1.29 is 4.79 Å². The van der Waals surface area contributed by atoms with E-state index >= 15 is 0 Å². The SMILES string of the molecule is NNC(N)=O.c1cc[nH]c1. The lowest BCUT2D eigenvalue weighted by molar-refractivity contribution is 0.249.